The van der Waals surface area contributed by atoms with Crippen LogP contribution >= 0.6 is 11.8 Å². The smallest absolute Gasteiger partial charge is 0.251 e. The van der Waals surface area contributed by atoms with E-state index in [1.165, 1.54) is 0 Å². The summed E-state index contributed by atoms with van der Waals surface area (Å²) in [5.74, 6) is 1.51. The fourth-order valence-electron chi connectivity index (χ4n) is 1.40. The number of H-pyrrole nitrogens is 1. The molecule has 0 aliphatic carbocycles. The first-order valence-corrected chi connectivity index (χ1v) is 6.21. The summed E-state index contributed by atoms with van der Waals surface area (Å²) in [6, 6.07) is 11.5. The molecule has 2 rings (SSSR count). The largest absolute Gasteiger partial charge is 0.497 e. The number of hydrogen-bond acceptors (Lipinski definition) is 3. The second-order valence-corrected chi connectivity index (χ2v) is 4.54. The van der Waals surface area contributed by atoms with Crippen LogP contribution in [0.2, 0.25) is 0 Å². The molecule has 0 saturated heterocycles. The minimum absolute atomic E-state index is 0.0199. The zero-order valence-electron chi connectivity index (χ0n) is 9.47. The molecule has 0 aliphatic rings. The average molecular weight is 247 g/mol. The number of thioether (sulfide) groups is 1. The summed E-state index contributed by atoms with van der Waals surface area (Å²) in [6.45, 7) is 0. The Labute approximate surface area is 104 Å². The van der Waals surface area contributed by atoms with E-state index in [1.807, 2.05) is 36.4 Å². The number of nitrogens with one attached hydrogen (secondary N) is 1. The lowest BCUT2D eigenvalue weighted by Gasteiger charge is -2.03. The topological polar surface area (TPSA) is 42.1 Å². The molecule has 3 nitrogen and oxygen atoms in total. The molecule has 0 fully saturated rings. The van der Waals surface area contributed by atoms with Gasteiger partial charge in [-0.3, -0.25) is 4.79 Å². The van der Waals surface area contributed by atoms with Gasteiger partial charge < -0.3 is 9.72 Å². The van der Waals surface area contributed by atoms with Crippen molar-refractivity contribution in [1.29, 1.82) is 0 Å². The van der Waals surface area contributed by atoms with E-state index in [0.717, 1.165) is 16.2 Å². The normalized spacial score (nSPS) is 10.2. The number of methoxy groups -OCH3 is 1. The summed E-state index contributed by atoms with van der Waals surface area (Å²) in [7, 11) is 1.64. The maximum atomic E-state index is 11.5. The number of aromatic nitrogens is 1. The fourth-order valence-corrected chi connectivity index (χ4v) is 2.28. The first kappa shape index (κ1) is 11.8. The molecule has 0 unspecified atom stereocenters. The lowest BCUT2D eigenvalue weighted by atomic mass is 10.3. The number of ether oxygens (including phenoxy) is 1. The Bertz CT molecular complexity index is 534. The lowest BCUT2D eigenvalue weighted by Crippen LogP contribution is -2.09. The van der Waals surface area contributed by atoms with E-state index in [1.54, 1.807) is 25.1 Å². The van der Waals surface area contributed by atoms with Gasteiger partial charge in [-0.1, -0.05) is 6.07 Å². The van der Waals surface area contributed by atoms with E-state index in [0.29, 0.717) is 5.75 Å². The van der Waals surface area contributed by atoms with E-state index >= 15 is 0 Å². The Balaban J connectivity index is 2.02. The molecule has 0 aliphatic heterocycles. The number of rotatable bonds is 4. The summed E-state index contributed by atoms with van der Waals surface area (Å²) >= 11 is 1.63. The molecule has 1 N–H and O–H groups in total. The van der Waals surface area contributed by atoms with Gasteiger partial charge in [-0.05, 0) is 30.3 Å². The van der Waals surface area contributed by atoms with Crippen molar-refractivity contribution in [1.82, 2.24) is 4.98 Å². The summed E-state index contributed by atoms with van der Waals surface area (Å²) in [5.41, 5.74) is 0.766. The third-order valence-electron chi connectivity index (χ3n) is 2.35. The van der Waals surface area contributed by atoms with Crippen LogP contribution in [0.4, 0.5) is 0 Å². The van der Waals surface area contributed by atoms with E-state index in [4.69, 9.17) is 4.74 Å². The van der Waals surface area contributed by atoms with E-state index < -0.39 is 0 Å². The molecule has 1 heterocycles. The van der Waals surface area contributed by atoms with Crippen LogP contribution in [0.15, 0.2) is 52.3 Å². The third-order valence-corrected chi connectivity index (χ3v) is 3.41. The summed E-state index contributed by atoms with van der Waals surface area (Å²) in [5, 5.41) is 0. The van der Waals surface area contributed by atoms with E-state index in [2.05, 4.69) is 4.98 Å². The number of hydrogen-bond donors (Lipinski definition) is 1. The standard InChI is InChI=1S/C13H13NO2S/c1-16-11-4-6-12(7-5-11)17-9-10-3-2-8-14-13(10)15/h2-8H,9H2,1H3,(H,14,15). The van der Waals surface area contributed by atoms with Crippen molar-refractivity contribution >= 4 is 11.8 Å². The SMILES string of the molecule is COc1ccc(SCc2ccc[nH]c2=O)cc1. The molecule has 0 saturated carbocycles. The van der Waals surface area contributed by atoms with Crippen LogP contribution in [0.1, 0.15) is 5.56 Å². The maximum Gasteiger partial charge on any atom is 0.251 e. The van der Waals surface area contributed by atoms with Crippen molar-refractivity contribution in [2.24, 2.45) is 0 Å². The number of benzene rings is 1. The Morgan fingerprint density at radius 1 is 1.24 bits per heavy atom. The van der Waals surface area contributed by atoms with Crippen LogP contribution in [0.3, 0.4) is 0 Å². The van der Waals surface area contributed by atoms with Crippen LogP contribution in [0.5, 0.6) is 5.75 Å². The quantitative estimate of drug-likeness (QED) is 0.845. The zero-order chi connectivity index (χ0) is 12.1. The average Bonchev–Trinajstić information content (AvgIpc) is 2.38. The Morgan fingerprint density at radius 2 is 2.00 bits per heavy atom. The van der Waals surface area contributed by atoms with Crippen molar-refractivity contribution in [2.45, 2.75) is 10.6 Å². The second kappa shape index (κ2) is 5.59. The molecule has 17 heavy (non-hydrogen) atoms. The van der Waals surface area contributed by atoms with Gasteiger partial charge >= 0.3 is 0 Å². The molecule has 0 spiro atoms. The molecule has 0 amide bonds. The van der Waals surface area contributed by atoms with E-state index in [-0.39, 0.29) is 5.56 Å². The Kier molecular flexibility index (Phi) is 3.88. The highest BCUT2D eigenvalue weighted by molar-refractivity contribution is 7.98. The summed E-state index contributed by atoms with van der Waals surface area (Å²) in [4.78, 5) is 15.2. The van der Waals surface area contributed by atoms with Gasteiger partial charge in [0.1, 0.15) is 5.75 Å². The molecule has 0 atom stereocenters. The predicted molar refractivity (Wildman–Crippen MR) is 69.6 cm³/mol. The van der Waals surface area contributed by atoms with Gasteiger partial charge in [-0.25, -0.2) is 0 Å². The molecule has 88 valence electrons. The van der Waals surface area contributed by atoms with Crippen LogP contribution < -0.4 is 10.3 Å². The molecule has 0 bridgehead atoms. The van der Waals surface area contributed by atoms with Crippen molar-refractivity contribution in [3.63, 3.8) is 0 Å². The van der Waals surface area contributed by atoms with Crippen LogP contribution in [0.25, 0.3) is 0 Å². The first-order valence-electron chi connectivity index (χ1n) is 5.23. The maximum absolute atomic E-state index is 11.5. The Morgan fingerprint density at radius 3 is 2.65 bits per heavy atom. The predicted octanol–water partition coefficient (Wildman–Crippen LogP) is 2.68. The highest BCUT2D eigenvalue weighted by Gasteiger charge is 2.00. The van der Waals surface area contributed by atoms with Gasteiger partial charge in [0.2, 0.25) is 0 Å². The highest BCUT2D eigenvalue weighted by atomic mass is 32.2. The molecular formula is C13H13NO2S. The van der Waals surface area contributed by atoms with Gasteiger partial charge in [0.25, 0.3) is 5.56 Å². The van der Waals surface area contributed by atoms with Crippen LogP contribution in [0, 0.1) is 0 Å². The molecule has 0 radical (unpaired) electrons. The lowest BCUT2D eigenvalue weighted by molar-refractivity contribution is 0.414. The molecule has 1 aromatic heterocycles. The van der Waals surface area contributed by atoms with Gasteiger partial charge in [0.15, 0.2) is 0 Å². The second-order valence-electron chi connectivity index (χ2n) is 3.49. The molecule has 1 aromatic carbocycles. The van der Waals surface area contributed by atoms with Crippen LogP contribution in [-0.4, -0.2) is 12.1 Å². The van der Waals surface area contributed by atoms with Crippen molar-refractivity contribution < 1.29 is 4.74 Å². The fraction of sp³-hybridized carbons (Fsp3) is 0.154. The van der Waals surface area contributed by atoms with Gasteiger partial charge in [0, 0.05) is 22.4 Å². The molecule has 2 aromatic rings. The summed E-state index contributed by atoms with van der Waals surface area (Å²) < 4.78 is 5.09. The number of aromatic amines is 1. The minimum Gasteiger partial charge on any atom is -0.497 e. The van der Waals surface area contributed by atoms with Gasteiger partial charge in [-0.15, -0.1) is 11.8 Å². The Hall–Kier alpha value is -1.68. The molecular weight excluding hydrogens is 234 g/mol. The van der Waals surface area contributed by atoms with E-state index in [9.17, 15) is 4.79 Å². The van der Waals surface area contributed by atoms with Gasteiger partial charge in [-0.2, -0.15) is 0 Å². The zero-order valence-corrected chi connectivity index (χ0v) is 10.3. The van der Waals surface area contributed by atoms with Crippen molar-refractivity contribution in [3.8, 4) is 5.75 Å². The highest BCUT2D eigenvalue weighted by Crippen LogP contribution is 2.23. The van der Waals surface area contributed by atoms with Crippen molar-refractivity contribution in [3.05, 3.63) is 58.5 Å². The first-order chi connectivity index (χ1) is 8.29. The third kappa shape index (κ3) is 3.14. The molecule has 4 heteroatoms. The summed E-state index contributed by atoms with van der Waals surface area (Å²) in [6.07, 6.45) is 1.64. The minimum atomic E-state index is -0.0199. The van der Waals surface area contributed by atoms with Crippen LogP contribution in [-0.2, 0) is 5.75 Å². The van der Waals surface area contributed by atoms with Gasteiger partial charge in [0.05, 0.1) is 7.11 Å². The monoisotopic (exact) mass is 247 g/mol. The number of pyridine rings is 1. The van der Waals surface area contributed by atoms with Crippen molar-refractivity contribution in [2.75, 3.05) is 7.11 Å².